The molecular formula is C9H8O5S. The van der Waals surface area contributed by atoms with Gasteiger partial charge in [-0.05, 0) is 18.2 Å². The smallest absolute Gasteiger partial charge is 0.294 e. The third kappa shape index (κ3) is 2.17. The summed E-state index contributed by atoms with van der Waals surface area (Å²) < 4.78 is 30.6. The molecule has 1 aliphatic rings. The molecule has 80 valence electrons. The molecule has 0 fully saturated rings. The van der Waals surface area contributed by atoms with E-state index in [1.807, 2.05) is 0 Å². The molecule has 2 rings (SSSR count). The zero-order valence-electron chi connectivity index (χ0n) is 7.58. The van der Waals surface area contributed by atoms with Crippen LogP contribution in [-0.4, -0.2) is 19.6 Å². The Balaban J connectivity index is 2.53. The van der Waals surface area contributed by atoms with Crippen LogP contribution in [-0.2, 0) is 15.0 Å². The predicted molar refractivity (Wildman–Crippen MR) is 51.9 cm³/mol. The van der Waals surface area contributed by atoms with Gasteiger partial charge in [0.1, 0.15) is 6.61 Å². The zero-order chi connectivity index (χ0) is 10.9. The Morgan fingerprint density at radius 1 is 1.33 bits per heavy atom. The maximum atomic E-state index is 10.9. The van der Waals surface area contributed by atoms with Gasteiger partial charge in [0.2, 0.25) is 0 Å². The summed E-state index contributed by atoms with van der Waals surface area (Å²) in [6, 6.07) is 3.99. The van der Waals surface area contributed by atoms with Crippen LogP contribution in [0.15, 0.2) is 29.2 Å². The van der Waals surface area contributed by atoms with E-state index in [1.54, 1.807) is 12.2 Å². The highest BCUT2D eigenvalue weighted by Crippen LogP contribution is 2.25. The molecule has 6 heteroatoms. The third-order valence-electron chi connectivity index (χ3n) is 1.89. The van der Waals surface area contributed by atoms with Crippen molar-refractivity contribution in [2.45, 2.75) is 4.90 Å². The molecule has 0 saturated carbocycles. The Labute approximate surface area is 86.6 Å². The monoisotopic (exact) mass is 228 g/mol. The third-order valence-corrected chi connectivity index (χ3v) is 2.74. The van der Waals surface area contributed by atoms with Crippen molar-refractivity contribution in [1.82, 2.24) is 0 Å². The Kier molecular flexibility index (Phi) is 2.47. The van der Waals surface area contributed by atoms with Crippen LogP contribution in [0.1, 0.15) is 5.56 Å². The van der Waals surface area contributed by atoms with Crippen LogP contribution >= 0.6 is 0 Å². The standard InChI is InChI=1S/C9H8O5S/c10-15(11,12)8-3-4-9-7(6-8)2-1-5-13-14-9/h1-4,6H,5H2,(H,10,11,12). The van der Waals surface area contributed by atoms with E-state index >= 15 is 0 Å². The average molecular weight is 228 g/mol. The number of benzene rings is 1. The highest BCUT2D eigenvalue weighted by atomic mass is 32.2. The van der Waals surface area contributed by atoms with Gasteiger partial charge in [-0.2, -0.15) is 13.3 Å². The molecule has 1 aromatic carbocycles. The van der Waals surface area contributed by atoms with Crippen LogP contribution in [0.4, 0.5) is 0 Å². The van der Waals surface area contributed by atoms with Crippen molar-refractivity contribution >= 4 is 16.2 Å². The molecular weight excluding hydrogens is 220 g/mol. The highest BCUT2D eigenvalue weighted by molar-refractivity contribution is 7.85. The minimum absolute atomic E-state index is 0.170. The first-order valence-corrected chi connectivity index (χ1v) is 5.59. The molecule has 0 bridgehead atoms. The molecule has 15 heavy (non-hydrogen) atoms. The van der Waals surface area contributed by atoms with Crippen molar-refractivity contribution in [2.75, 3.05) is 6.61 Å². The van der Waals surface area contributed by atoms with Crippen LogP contribution < -0.4 is 4.89 Å². The van der Waals surface area contributed by atoms with E-state index in [2.05, 4.69) is 0 Å². The maximum absolute atomic E-state index is 10.9. The molecule has 0 saturated heterocycles. The molecule has 0 aromatic heterocycles. The van der Waals surface area contributed by atoms with Crippen LogP contribution in [0.25, 0.3) is 6.08 Å². The molecule has 0 unspecified atom stereocenters. The van der Waals surface area contributed by atoms with Crippen molar-refractivity contribution in [2.24, 2.45) is 0 Å². The highest BCUT2D eigenvalue weighted by Gasteiger charge is 2.13. The van der Waals surface area contributed by atoms with Crippen LogP contribution in [0.3, 0.4) is 0 Å². The second-order valence-electron chi connectivity index (χ2n) is 2.94. The number of rotatable bonds is 1. The quantitative estimate of drug-likeness (QED) is 0.578. The van der Waals surface area contributed by atoms with Crippen LogP contribution in [0.2, 0.25) is 0 Å². The summed E-state index contributed by atoms with van der Waals surface area (Å²) in [6.07, 6.45) is 3.34. The summed E-state index contributed by atoms with van der Waals surface area (Å²) in [6.45, 7) is 0.288. The fourth-order valence-electron chi connectivity index (χ4n) is 1.21. The van der Waals surface area contributed by atoms with E-state index in [0.717, 1.165) is 0 Å². The number of hydrogen-bond donors (Lipinski definition) is 1. The SMILES string of the molecule is O=S(=O)(O)c1ccc2c(c1)C=CCOO2. The van der Waals surface area contributed by atoms with Crippen molar-refractivity contribution in [1.29, 1.82) is 0 Å². The van der Waals surface area contributed by atoms with Gasteiger partial charge in [0.25, 0.3) is 10.1 Å². The van der Waals surface area contributed by atoms with Gasteiger partial charge in [-0.1, -0.05) is 12.2 Å². The lowest BCUT2D eigenvalue weighted by atomic mass is 10.2. The maximum Gasteiger partial charge on any atom is 0.294 e. The zero-order valence-corrected chi connectivity index (χ0v) is 8.40. The summed E-state index contributed by atoms with van der Waals surface area (Å²) in [7, 11) is -4.18. The Bertz CT molecular complexity index is 503. The summed E-state index contributed by atoms with van der Waals surface area (Å²) in [5.41, 5.74) is 0.544. The Morgan fingerprint density at radius 2 is 2.13 bits per heavy atom. The lowest BCUT2D eigenvalue weighted by Crippen LogP contribution is -2.00. The van der Waals surface area contributed by atoms with E-state index in [-0.39, 0.29) is 11.5 Å². The van der Waals surface area contributed by atoms with Gasteiger partial charge >= 0.3 is 0 Å². The van der Waals surface area contributed by atoms with Crippen molar-refractivity contribution in [3.05, 3.63) is 29.8 Å². The van der Waals surface area contributed by atoms with Gasteiger partial charge in [0.15, 0.2) is 5.75 Å². The van der Waals surface area contributed by atoms with Crippen LogP contribution in [0.5, 0.6) is 5.75 Å². The fourth-order valence-corrected chi connectivity index (χ4v) is 1.72. The second kappa shape index (κ2) is 3.65. The lowest BCUT2D eigenvalue weighted by molar-refractivity contribution is -0.194. The van der Waals surface area contributed by atoms with E-state index < -0.39 is 10.1 Å². The van der Waals surface area contributed by atoms with E-state index in [1.165, 1.54) is 18.2 Å². The van der Waals surface area contributed by atoms with Crippen molar-refractivity contribution in [3.8, 4) is 5.75 Å². The minimum atomic E-state index is -4.18. The summed E-state index contributed by atoms with van der Waals surface area (Å²) >= 11 is 0. The first-order valence-electron chi connectivity index (χ1n) is 4.15. The van der Waals surface area contributed by atoms with Gasteiger partial charge < -0.3 is 4.89 Å². The molecule has 1 aliphatic heterocycles. The molecule has 1 N–H and O–H groups in total. The molecule has 1 aromatic rings. The summed E-state index contributed by atoms with van der Waals surface area (Å²) in [5, 5.41) is 0. The average Bonchev–Trinajstić information content (AvgIpc) is 2.39. The molecule has 0 atom stereocenters. The Morgan fingerprint density at radius 3 is 2.87 bits per heavy atom. The van der Waals surface area contributed by atoms with Gasteiger partial charge in [-0.25, -0.2) is 0 Å². The van der Waals surface area contributed by atoms with Gasteiger partial charge in [-0.3, -0.25) is 4.55 Å². The second-order valence-corrected chi connectivity index (χ2v) is 4.37. The molecule has 0 aliphatic carbocycles. The van der Waals surface area contributed by atoms with Crippen molar-refractivity contribution in [3.63, 3.8) is 0 Å². The van der Waals surface area contributed by atoms with Gasteiger partial charge in [0.05, 0.1) is 4.90 Å². The largest absolute Gasteiger partial charge is 0.337 e. The summed E-state index contributed by atoms with van der Waals surface area (Å²) in [5.74, 6) is 0.413. The minimum Gasteiger partial charge on any atom is -0.337 e. The molecule has 1 heterocycles. The molecule has 0 amide bonds. The van der Waals surface area contributed by atoms with E-state index in [9.17, 15) is 8.42 Å². The van der Waals surface area contributed by atoms with Crippen molar-refractivity contribution < 1.29 is 22.7 Å². The predicted octanol–water partition coefficient (Wildman–Crippen LogP) is 1.27. The lowest BCUT2D eigenvalue weighted by Gasteiger charge is -2.04. The van der Waals surface area contributed by atoms with E-state index in [0.29, 0.717) is 11.3 Å². The van der Waals surface area contributed by atoms with E-state index in [4.69, 9.17) is 14.3 Å². The normalized spacial score (nSPS) is 15.3. The Hall–Kier alpha value is -1.37. The fraction of sp³-hybridized carbons (Fsp3) is 0.111. The number of fused-ring (bicyclic) bond motifs is 1. The molecule has 0 radical (unpaired) electrons. The number of hydrogen-bond acceptors (Lipinski definition) is 4. The van der Waals surface area contributed by atoms with Gasteiger partial charge in [-0.15, -0.1) is 0 Å². The first kappa shape index (κ1) is 10.2. The van der Waals surface area contributed by atoms with Crippen LogP contribution in [0, 0.1) is 0 Å². The summed E-state index contributed by atoms with van der Waals surface area (Å²) in [4.78, 5) is 9.45. The first-order chi connectivity index (χ1) is 7.07. The molecule has 5 nitrogen and oxygen atoms in total. The topological polar surface area (TPSA) is 72.8 Å². The van der Waals surface area contributed by atoms with Gasteiger partial charge in [0, 0.05) is 5.56 Å². The molecule has 0 spiro atoms.